The Morgan fingerprint density at radius 2 is 2.00 bits per heavy atom. The van der Waals surface area contributed by atoms with E-state index in [0.717, 1.165) is 0 Å². The van der Waals surface area contributed by atoms with Crippen LogP contribution in [0.4, 0.5) is 10.1 Å². The largest absolute Gasteiger partial charge is 0.481 e. The fourth-order valence-corrected chi connectivity index (χ4v) is 2.37. The smallest absolute Gasteiger partial charge is 0.303 e. The van der Waals surface area contributed by atoms with Gasteiger partial charge in [-0.15, -0.1) is 0 Å². The highest BCUT2D eigenvalue weighted by atomic mass is 19.1. The average Bonchev–Trinajstić information content (AvgIpc) is 2.86. The standard InChI is InChI=1S/C15H17FN2O4/c16-10-3-5-11(6-4-10)18-9-7-12(15(18)22)14(21)17-8-1-2-13(19)20/h3-6,12H,1-2,7-9H2,(H,17,21)(H,19,20). The number of carboxylic acid groups (broad SMARTS) is 1. The summed E-state index contributed by atoms with van der Waals surface area (Å²) in [6.07, 6.45) is 0.686. The quantitative estimate of drug-likeness (QED) is 0.610. The van der Waals surface area contributed by atoms with E-state index in [1.54, 1.807) is 0 Å². The number of carboxylic acids is 1. The Morgan fingerprint density at radius 1 is 1.32 bits per heavy atom. The minimum atomic E-state index is -0.923. The number of hydrogen-bond donors (Lipinski definition) is 2. The van der Waals surface area contributed by atoms with Gasteiger partial charge >= 0.3 is 5.97 Å². The van der Waals surface area contributed by atoms with Gasteiger partial charge in [0.15, 0.2) is 0 Å². The molecule has 1 aromatic rings. The van der Waals surface area contributed by atoms with Crippen molar-refractivity contribution in [3.8, 4) is 0 Å². The van der Waals surface area contributed by atoms with E-state index >= 15 is 0 Å². The van der Waals surface area contributed by atoms with Gasteiger partial charge in [0.05, 0.1) is 0 Å². The van der Waals surface area contributed by atoms with E-state index in [-0.39, 0.29) is 30.6 Å². The summed E-state index contributed by atoms with van der Waals surface area (Å²) in [7, 11) is 0. The van der Waals surface area contributed by atoms with Gasteiger partial charge in [0, 0.05) is 25.2 Å². The molecule has 0 bridgehead atoms. The summed E-state index contributed by atoms with van der Waals surface area (Å²) in [5.41, 5.74) is 0.563. The fraction of sp³-hybridized carbons (Fsp3) is 0.400. The molecule has 0 spiro atoms. The summed E-state index contributed by atoms with van der Waals surface area (Å²) >= 11 is 0. The van der Waals surface area contributed by atoms with E-state index in [1.165, 1.54) is 29.2 Å². The molecule has 1 aromatic carbocycles. The number of anilines is 1. The number of carbonyl (C=O) groups is 3. The van der Waals surface area contributed by atoms with Crippen molar-refractivity contribution in [3.63, 3.8) is 0 Å². The molecule has 7 heteroatoms. The molecule has 2 N–H and O–H groups in total. The first-order valence-corrected chi connectivity index (χ1v) is 7.05. The van der Waals surface area contributed by atoms with Gasteiger partial charge in [-0.25, -0.2) is 4.39 Å². The molecule has 1 fully saturated rings. The van der Waals surface area contributed by atoms with Crippen LogP contribution in [0, 0.1) is 11.7 Å². The van der Waals surface area contributed by atoms with Gasteiger partial charge < -0.3 is 15.3 Å². The summed E-state index contributed by atoms with van der Waals surface area (Å²) in [5.74, 6) is -2.78. The predicted molar refractivity (Wildman–Crippen MR) is 76.7 cm³/mol. The van der Waals surface area contributed by atoms with Crippen molar-refractivity contribution in [2.45, 2.75) is 19.3 Å². The summed E-state index contributed by atoms with van der Waals surface area (Å²) in [4.78, 5) is 36.1. The summed E-state index contributed by atoms with van der Waals surface area (Å²) in [6, 6.07) is 5.53. The molecular formula is C15H17FN2O4. The number of nitrogens with zero attached hydrogens (tertiary/aromatic N) is 1. The summed E-state index contributed by atoms with van der Waals surface area (Å²) < 4.78 is 12.9. The zero-order valence-electron chi connectivity index (χ0n) is 11.9. The monoisotopic (exact) mass is 308 g/mol. The van der Waals surface area contributed by atoms with Crippen LogP contribution in [0.5, 0.6) is 0 Å². The van der Waals surface area contributed by atoms with Crippen LogP contribution >= 0.6 is 0 Å². The van der Waals surface area contributed by atoms with Gasteiger partial charge in [0.25, 0.3) is 0 Å². The maximum Gasteiger partial charge on any atom is 0.303 e. The average molecular weight is 308 g/mol. The number of nitrogens with one attached hydrogen (secondary N) is 1. The highest BCUT2D eigenvalue weighted by Crippen LogP contribution is 2.25. The molecule has 1 heterocycles. The van der Waals surface area contributed by atoms with E-state index < -0.39 is 11.9 Å². The van der Waals surface area contributed by atoms with Crippen LogP contribution in [0.3, 0.4) is 0 Å². The second-order valence-corrected chi connectivity index (χ2v) is 5.10. The lowest BCUT2D eigenvalue weighted by Gasteiger charge is -2.16. The normalized spacial score (nSPS) is 17.6. The third kappa shape index (κ3) is 3.81. The highest BCUT2D eigenvalue weighted by molar-refractivity contribution is 6.09. The first kappa shape index (κ1) is 15.9. The fourth-order valence-electron chi connectivity index (χ4n) is 2.37. The van der Waals surface area contributed by atoms with Crippen molar-refractivity contribution in [1.29, 1.82) is 0 Å². The maximum atomic E-state index is 12.9. The van der Waals surface area contributed by atoms with E-state index in [1.807, 2.05) is 0 Å². The van der Waals surface area contributed by atoms with Crippen molar-refractivity contribution in [2.75, 3.05) is 18.0 Å². The predicted octanol–water partition coefficient (Wildman–Crippen LogP) is 1.16. The SMILES string of the molecule is O=C(O)CCCNC(=O)C1CCN(c2ccc(F)cc2)C1=O. The number of amides is 2. The van der Waals surface area contributed by atoms with Crippen LogP contribution in [-0.4, -0.2) is 36.0 Å². The Bertz CT molecular complexity index is 573. The van der Waals surface area contributed by atoms with Crippen LogP contribution in [0.2, 0.25) is 0 Å². The second kappa shape index (κ2) is 7.02. The lowest BCUT2D eigenvalue weighted by atomic mass is 10.1. The minimum absolute atomic E-state index is 0.0272. The molecule has 0 radical (unpaired) electrons. The molecule has 0 aliphatic carbocycles. The molecule has 1 aliphatic rings. The number of benzene rings is 1. The molecule has 0 saturated carbocycles. The highest BCUT2D eigenvalue weighted by Gasteiger charge is 2.37. The molecule has 2 rings (SSSR count). The molecule has 2 amide bonds. The van der Waals surface area contributed by atoms with E-state index in [4.69, 9.17) is 5.11 Å². The topological polar surface area (TPSA) is 86.7 Å². The number of aliphatic carboxylic acids is 1. The minimum Gasteiger partial charge on any atom is -0.481 e. The van der Waals surface area contributed by atoms with Gasteiger partial charge in [-0.3, -0.25) is 14.4 Å². The Labute approximate surface area is 126 Å². The van der Waals surface area contributed by atoms with Crippen molar-refractivity contribution in [2.24, 2.45) is 5.92 Å². The van der Waals surface area contributed by atoms with Crippen molar-refractivity contribution >= 4 is 23.5 Å². The third-order valence-electron chi connectivity index (χ3n) is 3.53. The van der Waals surface area contributed by atoms with Crippen molar-refractivity contribution < 1.29 is 23.9 Å². The molecule has 1 atom stereocenters. The molecule has 6 nitrogen and oxygen atoms in total. The number of hydrogen-bond acceptors (Lipinski definition) is 3. The van der Waals surface area contributed by atoms with Gasteiger partial charge in [-0.1, -0.05) is 0 Å². The van der Waals surface area contributed by atoms with Crippen LogP contribution in [0.15, 0.2) is 24.3 Å². The molecule has 22 heavy (non-hydrogen) atoms. The van der Waals surface area contributed by atoms with Crippen LogP contribution in [0.25, 0.3) is 0 Å². The maximum absolute atomic E-state index is 12.9. The second-order valence-electron chi connectivity index (χ2n) is 5.10. The Hall–Kier alpha value is -2.44. The summed E-state index contributed by atoms with van der Waals surface area (Å²) in [5, 5.41) is 11.1. The van der Waals surface area contributed by atoms with Gasteiger partial charge in [0.2, 0.25) is 11.8 Å². The van der Waals surface area contributed by atoms with Gasteiger partial charge in [-0.2, -0.15) is 0 Å². The zero-order valence-corrected chi connectivity index (χ0v) is 11.9. The number of carbonyl (C=O) groups excluding carboxylic acids is 2. The Morgan fingerprint density at radius 3 is 2.64 bits per heavy atom. The van der Waals surface area contributed by atoms with Crippen LogP contribution in [0.1, 0.15) is 19.3 Å². The lowest BCUT2D eigenvalue weighted by molar-refractivity contribution is -0.137. The first-order chi connectivity index (χ1) is 10.5. The van der Waals surface area contributed by atoms with Crippen molar-refractivity contribution in [3.05, 3.63) is 30.1 Å². The van der Waals surface area contributed by atoms with E-state index in [9.17, 15) is 18.8 Å². The molecule has 1 unspecified atom stereocenters. The molecule has 118 valence electrons. The zero-order chi connectivity index (χ0) is 16.1. The van der Waals surface area contributed by atoms with Crippen molar-refractivity contribution in [1.82, 2.24) is 5.32 Å². The van der Waals surface area contributed by atoms with Gasteiger partial charge in [-0.05, 0) is 37.1 Å². The van der Waals surface area contributed by atoms with Gasteiger partial charge in [0.1, 0.15) is 11.7 Å². The third-order valence-corrected chi connectivity index (χ3v) is 3.53. The van der Waals surface area contributed by atoms with E-state index in [2.05, 4.69) is 5.32 Å². The molecule has 1 saturated heterocycles. The number of rotatable bonds is 6. The molecule has 1 aliphatic heterocycles. The Balaban J connectivity index is 1.89. The molecular weight excluding hydrogens is 291 g/mol. The lowest BCUT2D eigenvalue weighted by Crippen LogP contribution is -2.37. The number of halogens is 1. The first-order valence-electron chi connectivity index (χ1n) is 7.05. The van der Waals surface area contributed by atoms with E-state index in [0.29, 0.717) is 25.1 Å². The molecule has 0 aromatic heterocycles. The summed E-state index contributed by atoms with van der Waals surface area (Å²) in [6.45, 7) is 0.628. The van der Waals surface area contributed by atoms with Crippen LogP contribution in [-0.2, 0) is 14.4 Å². The Kier molecular flexibility index (Phi) is 5.08. The van der Waals surface area contributed by atoms with Crippen LogP contribution < -0.4 is 10.2 Å².